The standard InChI is InChI=1S/C15H14Br2O3/c1-2-19-11(18)7-10-12(16)14-8-5-3-4-6-9(8)15(20-14)13(10)17/h3-7,12-15H,2H2,1H3/t12-,13+,14+,15-. The van der Waals surface area contributed by atoms with Gasteiger partial charge in [0.1, 0.15) is 12.2 Å². The van der Waals surface area contributed by atoms with Crippen molar-refractivity contribution < 1.29 is 14.3 Å². The molecule has 0 spiro atoms. The Kier molecular flexibility index (Phi) is 4.02. The molecular formula is C15H14Br2O3. The van der Waals surface area contributed by atoms with Crippen molar-refractivity contribution in [1.29, 1.82) is 0 Å². The minimum atomic E-state index is -0.304. The minimum absolute atomic E-state index is 0.0313. The van der Waals surface area contributed by atoms with Crippen molar-refractivity contribution in [3.63, 3.8) is 0 Å². The summed E-state index contributed by atoms with van der Waals surface area (Å²) in [4.78, 5) is 11.7. The Morgan fingerprint density at radius 1 is 1.25 bits per heavy atom. The number of esters is 1. The number of ether oxygens (including phenoxy) is 2. The topological polar surface area (TPSA) is 35.5 Å². The highest BCUT2D eigenvalue weighted by Gasteiger charge is 2.47. The van der Waals surface area contributed by atoms with Crippen molar-refractivity contribution in [2.45, 2.75) is 28.8 Å². The van der Waals surface area contributed by atoms with E-state index in [-0.39, 0.29) is 27.8 Å². The molecule has 106 valence electrons. The van der Waals surface area contributed by atoms with Gasteiger partial charge in [-0.05, 0) is 23.6 Å². The summed E-state index contributed by atoms with van der Waals surface area (Å²) in [6.45, 7) is 2.18. The van der Waals surface area contributed by atoms with E-state index in [1.165, 1.54) is 11.1 Å². The van der Waals surface area contributed by atoms with Crippen LogP contribution in [0.5, 0.6) is 0 Å². The SMILES string of the molecule is CCOC(=O)C=C1[C@@H](Br)[C@H]2O[C@H](c3ccccc32)[C@H]1Br. The Hall–Kier alpha value is -0.650. The number of rotatable bonds is 2. The zero-order chi connectivity index (χ0) is 14.3. The predicted octanol–water partition coefficient (Wildman–Crippen LogP) is 3.83. The molecule has 1 aromatic rings. The molecule has 0 N–H and O–H groups in total. The first-order chi connectivity index (χ1) is 9.63. The smallest absolute Gasteiger partial charge is 0.330 e. The van der Waals surface area contributed by atoms with Crippen LogP contribution in [-0.4, -0.2) is 22.2 Å². The molecule has 3 rings (SSSR count). The van der Waals surface area contributed by atoms with Crippen LogP contribution in [0.1, 0.15) is 30.3 Å². The second kappa shape index (κ2) is 5.62. The summed E-state index contributed by atoms with van der Waals surface area (Å²) < 4.78 is 11.1. The van der Waals surface area contributed by atoms with Gasteiger partial charge in [0.2, 0.25) is 0 Å². The van der Waals surface area contributed by atoms with Crippen LogP contribution in [0.3, 0.4) is 0 Å². The number of carbonyl (C=O) groups excluding carboxylic acids is 1. The molecule has 20 heavy (non-hydrogen) atoms. The zero-order valence-electron chi connectivity index (χ0n) is 10.9. The zero-order valence-corrected chi connectivity index (χ0v) is 14.1. The van der Waals surface area contributed by atoms with Crippen LogP contribution in [0.2, 0.25) is 0 Å². The molecule has 2 aliphatic heterocycles. The summed E-state index contributed by atoms with van der Waals surface area (Å²) in [5.41, 5.74) is 3.35. The van der Waals surface area contributed by atoms with Crippen molar-refractivity contribution in [3.8, 4) is 0 Å². The third kappa shape index (κ3) is 2.26. The van der Waals surface area contributed by atoms with Crippen LogP contribution in [0.25, 0.3) is 0 Å². The molecule has 2 heterocycles. The summed E-state index contributed by atoms with van der Waals surface area (Å²) in [5, 5.41) is 0. The molecule has 0 aliphatic carbocycles. The largest absolute Gasteiger partial charge is 0.463 e. The molecular weight excluding hydrogens is 388 g/mol. The van der Waals surface area contributed by atoms with Crippen molar-refractivity contribution in [3.05, 3.63) is 47.0 Å². The van der Waals surface area contributed by atoms with Crippen molar-refractivity contribution in [2.75, 3.05) is 6.61 Å². The first-order valence-electron chi connectivity index (χ1n) is 6.54. The van der Waals surface area contributed by atoms with Crippen LogP contribution in [-0.2, 0) is 14.3 Å². The van der Waals surface area contributed by atoms with E-state index in [1.54, 1.807) is 13.0 Å². The summed E-state index contributed by atoms with van der Waals surface area (Å²) >= 11 is 7.33. The van der Waals surface area contributed by atoms with Gasteiger partial charge >= 0.3 is 5.97 Å². The fourth-order valence-electron chi connectivity index (χ4n) is 2.77. The van der Waals surface area contributed by atoms with Crippen molar-refractivity contribution in [2.24, 2.45) is 0 Å². The van der Waals surface area contributed by atoms with Crippen LogP contribution >= 0.6 is 31.9 Å². The third-order valence-electron chi connectivity index (χ3n) is 3.64. The van der Waals surface area contributed by atoms with Gasteiger partial charge in [-0.15, -0.1) is 0 Å². The van der Waals surface area contributed by atoms with E-state index >= 15 is 0 Å². The second-order valence-electron chi connectivity index (χ2n) is 4.81. The molecule has 1 aromatic carbocycles. The maximum absolute atomic E-state index is 11.7. The molecule has 2 aliphatic rings. The van der Waals surface area contributed by atoms with E-state index in [1.807, 2.05) is 12.1 Å². The van der Waals surface area contributed by atoms with E-state index in [9.17, 15) is 4.79 Å². The highest BCUT2D eigenvalue weighted by molar-refractivity contribution is 9.10. The molecule has 3 nitrogen and oxygen atoms in total. The summed E-state index contributed by atoms with van der Waals surface area (Å²) in [5.74, 6) is -0.304. The highest BCUT2D eigenvalue weighted by atomic mass is 79.9. The average Bonchev–Trinajstić information content (AvgIpc) is 2.79. The maximum atomic E-state index is 11.7. The molecule has 1 saturated heterocycles. The quantitative estimate of drug-likeness (QED) is 0.429. The normalized spacial score (nSPS) is 33.0. The highest BCUT2D eigenvalue weighted by Crippen LogP contribution is 2.54. The van der Waals surface area contributed by atoms with E-state index in [0.717, 1.165) is 5.57 Å². The predicted molar refractivity (Wildman–Crippen MR) is 83.2 cm³/mol. The van der Waals surface area contributed by atoms with Gasteiger partial charge in [-0.2, -0.15) is 0 Å². The molecule has 2 bridgehead atoms. The number of fused-ring (bicyclic) bond motifs is 5. The fraction of sp³-hybridized carbons (Fsp3) is 0.400. The van der Waals surface area contributed by atoms with Gasteiger partial charge in [0.05, 0.1) is 16.3 Å². The molecule has 5 heteroatoms. The van der Waals surface area contributed by atoms with Crippen LogP contribution in [0.15, 0.2) is 35.9 Å². The van der Waals surface area contributed by atoms with Gasteiger partial charge < -0.3 is 9.47 Å². The number of hydrogen-bond acceptors (Lipinski definition) is 3. The molecule has 0 aromatic heterocycles. The lowest BCUT2D eigenvalue weighted by Crippen LogP contribution is -2.30. The Morgan fingerprint density at radius 2 is 1.80 bits per heavy atom. The van der Waals surface area contributed by atoms with Gasteiger partial charge in [-0.25, -0.2) is 4.79 Å². The Balaban J connectivity index is 1.98. The second-order valence-corrected chi connectivity index (χ2v) is 6.78. The third-order valence-corrected chi connectivity index (χ3v) is 5.66. The van der Waals surface area contributed by atoms with Gasteiger partial charge in [-0.3, -0.25) is 0 Å². The lowest BCUT2D eigenvalue weighted by Gasteiger charge is -2.32. The van der Waals surface area contributed by atoms with Gasteiger partial charge in [0, 0.05) is 6.08 Å². The monoisotopic (exact) mass is 400 g/mol. The number of alkyl halides is 2. The number of hydrogen-bond donors (Lipinski definition) is 0. The molecule has 4 atom stereocenters. The summed E-state index contributed by atoms with van der Waals surface area (Å²) in [7, 11) is 0. The molecule has 0 unspecified atom stereocenters. The van der Waals surface area contributed by atoms with Gasteiger partial charge in [0.25, 0.3) is 0 Å². The summed E-state index contributed by atoms with van der Waals surface area (Å²) in [6.07, 6.45) is 1.48. The lowest BCUT2D eigenvalue weighted by molar-refractivity contribution is -0.137. The first-order valence-corrected chi connectivity index (χ1v) is 8.37. The number of halogens is 2. The molecule has 0 amide bonds. The van der Waals surface area contributed by atoms with E-state index in [0.29, 0.717) is 6.61 Å². The first kappa shape index (κ1) is 14.3. The lowest BCUT2D eigenvalue weighted by atomic mass is 10.0. The number of carbonyl (C=O) groups is 1. The average molecular weight is 402 g/mol. The van der Waals surface area contributed by atoms with Crippen molar-refractivity contribution >= 4 is 37.8 Å². The van der Waals surface area contributed by atoms with Gasteiger partial charge in [0.15, 0.2) is 0 Å². The Labute approximate surface area is 134 Å². The fourth-order valence-corrected chi connectivity index (χ4v) is 4.78. The van der Waals surface area contributed by atoms with E-state index < -0.39 is 0 Å². The molecule has 1 fully saturated rings. The van der Waals surface area contributed by atoms with E-state index in [2.05, 4.69) is 44.0 Å². The maximum Gasteiger partial charge on any atom is 0.330 e. The number of benzene rings is 1. The van der Waals surface area contributed by atoms with E-state index in [4.69, 9.17) is 9.47 Å². The molecule has 0 saturated carbocycles. The molecule has 0 radical (unpaired) electrons. The van der Waals surface area contributed by atoms with Crippen LogP contribution < -0.4 is 0 Å². The Morgan fingerprint density at radius 3 is 2.30 bits per heavy atom. The summed E-state index contributed by atoms with van der Waals surface area (Å²) in [6, 6.07) is 8.20. The van der Waals surface area contributed by atoms with Crippen molar-refractivity contribution in [1.82, 2.24) is 0 Å². The minimum Gasteiger partial charge on any atom is -0.463 e. The Bertz CT molecular complexity index is 533. The van der Waals surface area contributed by atoms with Crippen LogP contribution in [0, 0.1) is 0 Å². The van der Waals surface area contributed by atoms with Crippen LogP contribution in [0.4, 0.5) is 0 Å². The van der Waals surface area contributed by atoms with Gasteiger partial charge in [-0.1, -0.05) is 56.1 Å².